The maximum atomic E-state index is 12.9. The monoisotopic (exact) mass is 538 g/mol. The zero-order chi connectivity index (χ0) is 27.6. The van der Waals surface area contributed by atoms with Crippen LogP contribution in [-0.2, 0) is 4.79 Å². The number of carbonyl (C=O) groups excluding carboxylic acids is 2. The van der Waals surface area contributed by atoms with Crippen LogP contribution in [0.25, 0.3) is 0 Å². The van der Waals surface area contributed by atoms with Crippen molar-refractivity contribution in [2.45, 2.75) is 64.0 Å². The lowest BCUT2D eigenvalue weighted by atomic mass is 9.97. The second-order valence-electron chi connectivity index (χ2n) is 10.7. The van der Waals surface area contributed by atoms with Gasteiger partial charge in [-0.2, -0.15) is 0 Å². The molecule has 2 aliphatic heterocycles. The molecule has 212 valence electrons. The number of ether oxygens (including phenoxy) is 3. The highest BCUT2D eigenvalue weighted by molar-refractivity contribution is 5.96. The van der Waals surface area contributed by atoms with Gasteiger partial charge in [0.2, 0.25) is 5.91 Å². The minimum atomic E-state index is -0.871. The number of unbranched alkanes of at least 4 members (excludes halogenated alkanes) is 2. The molecule has 0 bridgehead atoms. The van der Waals surface area contributed by atoms with Gasteiger partial charge >= 0.3 is 0 Å². The van der Waals surface area contributed by atoms with E-state index in [9.17, 15) is 14.7 Å². The molecule has 1 amide bonds. The summed E-state index contributed by atoms with van der Waals surface area (Å²) in [4.78, 5) is 27.7. The maximum absolute atomic E-state index is 12.9. The van der Waals surface area contributed by atoms with Crippen LogP contribution in [0.5, 0.6) is 17.2 Å². The first kappa shape index (κ1) is 28.9. The molecule has 0 radical (unpaired) electrons. The van der Waals surface area contributed by atoms with Crippen molar-refractivity contribution in [3.8, 4) is 17.2 Å². The number of ketones is 1. The number of nitrogens with one attached hydrogen (secondary N) is 1. The van der Waals surface area contributed by atoms with Gasteiger partial charge in [-0.15, -0.1) is 0 Å². The zero-order valence-electron chi connectivity index (χ0n) is 23.2. The number of carbonyl (C=O) groups is 2. The van der Waals surface area contributed by atoms with Crippen LogP contribution in [0.15, 0.2) is 42.5 Å². The fraction of sp³-hybridized carbons (Fsp3) is 0.548. The summed E-state index contributed by atoms with van der Waals surface area (Å²) in [5, 5.41) is 14.5. The van der Waals surface area contributed by atoms with Gasteiger partial charge in [-0.1, -0.05) is 19.4 Å². The molecule has 4 rings (SSSR count). The molecule has 0 spiro atoms. The molecule has 39 heavy (non-hydrogen) atoms. The van der Waals surface area contributed by atoms with Crippen LogP contribution in [-0.4, -0.2) is 67.7 Å². The van der Waals surface area contributed by atoms with E-state index >= 15 is 0 Å². The molecule has 2 heterocycles. The average molecular weight is 539 g/mol. The Kier molecular flexibility index (Phi) is 10.6. The maximum Gasteiger partial charge on any atom is 0.220 e. The van der Waals surface area contributed by atoms with Crippen molar-refractivity contribution >= 4 is 11.7 Å². The number of methoxy groups -OCH3 is 1. The molecule has 2 aromatic carbocycles. The fourth-order valence-electron chi connectivity index (χ4n) is 5.38. The molecule has 0 aliphatic carbocycles. The highest BCUT2D eigenvalue weighted by atomic mass is 16.6. The van der Waals surface area contributed by atoms with Crippen molar-refractivity contribution in [3.05, 3.63) is 53.6 Å². The van der Waals surface area contributed by atoms with Crippen LogP contribution in [0.2, 0.25) is 0 Å². The summed E-state index contributed by atoms with van der Waals surface area (Å²) in [6.45, 7) is 5.74. The lowest BCUT2D eigenvalue weighted by molar-refractivity contribution is -0.123. The van der Waals surface area contributed by atoms with Gasteiger partial charge in [0.05, 0.1) is 13.2 Å². The SMILES string of the molecule is COc1ccc(C(=O)CCCCCC(=O)N[C@H](CN2CCCC(C)C2)[C@H](O)c2ccc3c(c2)OCCO3)cc1. The van der Waals surface area contributed by atoms with E-state index in [0.717, 1.165) is 38.1 Å². The van der Waals surface area contributed by atoms with E-state index in [2.05, 4.69) is 17.1 Å². The summed E-state index contributed by atoms with van der Waals surface area (Å²) < 4.78 is 16.5. The summed E-state index contributed by atoms with van der Waals surface area (Å²) >= 11 is 0. The molecule has 8 heteroatoms. The smallest absolute Gasteiger partial charge is 0.220 e. The Morgan fingerprint density at radius 1 is 1.05 bits per heavy atom. The molecular formula is C31H42N2O6. The van der Waals surface area contributed by atoms with Gasteiger partial charge in [-0.25, -0.2) is 0 Å². The number of Topliss-reactive ketones (excluding diaryl/α,β-unsaturated/α-hetero) is 1. The fourth-order valence-corrected chi connectivity index (χ4v) is 5.38. The van der Waals surface area contributed by atoms with Crippen LogP contribution >= 0.6 is 0 Å². The third kappa shape index (κ3) is 8.44. The minimum absolute atomic E-state index is 0.0804. The summed E-state index contributed by atoms with van der Waals surface area (Å²) in [6, 6.07) is 12.2. The van der Waals surface area contributed by atoms with Crippen LogP contribution < -0.4 is 19.5 Å². The number of fused-ring (bicyclic) bond motifs is 1. The second-order valence-corrected chi connectivity index (χ2v) is 10.7. The standard InChI is InChI=1S/C31H42N2O6/c1-22-7-6-16-33(20-22)21-26(31(36)24-12-15-28-29(19-24)39-18-17-38-28)32-30(35)9-5-3-4-8-27(34)23-10-13-25(37-2)14-11-23/h10-15,19,22,26,31,36H,3-9,16-18,20-21H2,1-2H3,(H,32,35)/t22?,26-,31-/m1/s1. The minimum Gasteiger partial charge on any atom is -0.497 e. The molecular weight excluding hydrogens is 496 g/mol. The van der Waals surface area contributed by atoms with E-state index in [-0.39, 0.29) is 11.7 Å². The number of benzene rings is 2. The topological polar surface area (TPSA) is 97.3 Å². The first-order valence-electron chi connectivity index (χ1n) is 14.2. The van der Waals surface area contributed by atoms with Crippen LogP contribution in [0.1, 0.15) is 73.9 Å². The number of amides is 1. The van der Waals surface area contributed by atoms with Gasteiger partial charge in [0, 0.05) is 31.5 Å². The largest absolute Gasteiger partial charge is 0.497 e. The van der Waals surface area contributed by atoms with Gasteiger partial charge in [0.15, 0.2) is 17.3 Å². The molecule has 2 aliphatic rings. The summed E-state index contributed by atoms with van der Waals surface area (Å²) in [6.07, 6.45) is 4.47. The van der Waals surface area contributed by atoms with Crippen molar-refractivity contribution in [3.63, 3.8) is 0 Å². The van der Waals surface area contributed by atoms with Gasteiger partial charge in [-0.3, -0.25) is 9.59 Å². The van der Waals surface area contributed by atoms with E-state index in [1.807, 2.05) is 18.2 Å². The van der Waals surface area contributed by atoms with Crippen LogP contribution in [0.3, 0.4) is 0 Å². The lowest BCUT2D eigenvalue weighted by Crippen LogP contribution is -2.49. The van der Waals surface area contributed by atoms with Gasteiger partial charge in [0.1, 0.15) is 25.1 Å². The second kappa shape index (κ2) is 14.3. The zero-order valence-corrected chi connectivity index (χ0v) is 23.2. The van der Waals surface area contributed by atoms with Crippen molar-refractivity contribution < 1.29 is 28.9 Å². The molecule has 0 aromatic heterocycles. The molecule has 1 fully saturated rings. The van der Waals surface area contributed by atoms with E-state index < -0.39 is 12.1 Å². The summed E-state index contributed by atoms with van der Waals surface area (Å²) in [5.74, 6) is 2.64. The Hall–Kier alpha value is -3.10. The van der Waals surface area contributed by atoms with E-state index in [4.69, 9.17) is 14.2 Å². The molecule has 1 unspecified atom stereocenters. The number of hydrogen-bond acceptors (Lipinski definition) is 7. The predicted octanol–water partition coefficient (Wildman–Crippen LogP) is 4.55. The molecule has 2 aromatic rings. The number of aliphatic hydroxyl groups is 1. The molecule has 0 saturated carbocycles. The highest BCUT2D eigenvalue weighted by Crippen LogP contribution is 2.33. The molecule has 2 N–H and O–H groups in total. The van der Waals surface area contributed by atoms with Gasteiger partial charge in [0.25, 0.3) is 0 Å². The quantitative estimate of drug-likeness (QED) is 0.285. The van der Waals surface area contributed by atoms with Gasteiger partial charge in [-0.05, 0) is 80.1 Å². The lowest BCUT2D eigenvalue weighted by Gasteiger charge is -2.35. The number of nitrogens with zero attached hydrogens (tertiary/aromatic N) is 1. The van der Waals surface area contributed by atoms with Crippen molar-refractivity contribution in [1.29, 1.82) is 0 Å². The Labute approximate surface area is 231 Å². The molecule has 1 saturated heterocycles. The number of likely N-dealkylation sites (tertiary alicyclic amines) is 1. The third-order valence-corrected chi connectivity index (χ3v) is 7.55. The normalized spacial score (nSPS) is 18.7. The number of piperidine rings is 1. The Balaban J connectivity index is 1.29. The Morgan fingerprint density at radius 3 is 2.54 bits per heavy atom. The van der Waals surface area contributed by atoms with Crippen molar-refractivity contribution in [1.82, 2.24) is 10.2 Å². The highest BCUT2D eigenvalue weighted by Gasteiger charge is 2.28. The van der Waals surface area contributed by atoms with E-state index in [0.29, 0.717) is 67.6 Å². The molecule has 8 nitrogen and oxygen atoms in total. The first-order chi connectivity index (χ1) is 18.9. The predicted molar refractivity (Wildman–Crippen MR) is 150 cm³/mol. The van der Waals surface area contributed by atoms with Crippen LogP contribution in [0.4, 0.5) is 0 Å². The average Bonchev–Trinajstić information content (AvgIpc) is 2.96. The van der Waals surface area contributed by atoms with Gasteiger partial charge < -0.3 is 29.5 Å². The third-order valence-electron chi connectivity index (χ3n) is 7.55. The van der Waals surface area contributed by atoms with E-state index in [1.54, 1.807) is 31.4 Å². The number of rotatable bonds is 13. The first-order valence-corrected chi connectivity index (χ1v) is 14.2. The number of hydrogen-bond donors (Lipinski definition) is 2. The van der Waals surface area contributed by atoms with E-state index in [1.165, 1.54) is 6.42 Å². The Bertz CT molecular complexity index is 1090. The molecule has 3 atom stereocenters. The summed E-state index contributed by atoms with van der Waals surface area (Å²) in [7, 11) is 1.60. The van der Waals surface area contributed by atoms with Crippen LogP contribution in [0, 0.1) is 5.92 Å². The van der Waals surface area contributed by atoms with Crippen molar-refractivity contribution in [2.75, 3.05) is 40.0 Å². The number of aliphatic hydroxyl groups excluding tert-OH is 1. The Morgan fingerprint density at radius 2 is 1.79 bits per heavy atom. The summed E-state index contributed by atoms with van der Waals surface area (Å²) in [5.41, 5.74) is 1.38. The van der Waals surface area contributed by atoms with Crippen molar-refractivity contribution in [2.24, 2.45) is 5.92 Å².